The van der Waals surface area contributed by atoms with E-state index in [0.29, 0.717) is 12.0 Å². The van der Waals surface area contributed by atoms with Crippen LogP contribution in [0, 0.1) is 0 Å². The molecule has 7 nitrogen and oxygen atoms in total. The zero-order chi connectivity index (χ0) is 14.9. The van der Waals surface area contributed by atoms with E-state index in [1.165, 1.54) is 17.2 Å². The molecule has 0 aliphatic carbocycles. The van der Waals surface area contributed by atoms with Crippen LogP contribution >= 0.6 is 11.6 Å². The van der Waals surface area contributed by atoms with Gasteiger partial charge in [-0.25, -0.2) is 19.2 Å². The quantitative estimate of drug-likeness (QED) is 0.612. The van der Waals surface area contributed by atoms with Crippen molar-refractivity contribution in [1.82, 2.24) is 9.88 Å². The van der Waals surface area contributed by atoms with Crippen LogP contribution in [0.25, 0.3) is 0 Å². The minimum absolute atomic E-state index is 0.00115. The maximum Gasteiger partial charge on any atom is 0.255 e. The first kappa shape index (κ1) is 15.0. The van der Waals surface area contributed by atoms with E-state index in [0.717, 1.165) is 0 Å². The third kappa shape index (κ3) is 3.02. The van der Waals surface area contributed by atoms with Crippen LogP contribution in [0.4, 0.5) is 5.82 Å². The Hall–Kier alpha value is -1.38. The van der Waals surface area contributed by atoms with Crippen molar-refractivity contribution in [2.24, 2.45) is 5.84 Å². The lowest BCUT2D eigenvalue weighted by Gasteiger charge is -2.23. The Bertz CT molecular complexity index is 635. The smallest absolute Gasteiger partial charge is 0.255 e. The van der Waals surface area contributed by atoms with E-state index in [1.807, 2.05) is 0 Å². The lowest BCUT2D eigenvalue weighted by molar-refractivity contribution is 0.0747. The number of nitrogens with zero attached hydrogens (tertiary/aromatic N) is 2. The van der Waals surface area contributed by atoms with E-state index < -0.39 is 9.84 Å². The lowest BCUT2D eigenvalue weighted by atomic mass is 10.2. The molecule has 1 aromatic heterocycles. The summed E-state index contributed by atoms with van der Waals surface area (Å²) >= 11 is 5.91. The number of nitrogen functional groups attached to an aromatic ring is 1. The van der Waals surface area contributed by atoms with Crippen molar-refractivity contribution >= 4 is 33.2 Å². The maximum atomic E-state index is 12.3. The Balaban J connectivity index is 2.17. The first-order valence-electron chi connectivity index (χ1n) is 5.94. The highest BCUT2D eigenvalue weighted by molar-refractivity contribution is 7.91. The summed E-state index contributed by atoms with van der Waals surface area (Å²) < 4.78 is 22.9. The van der Waals surface area contributed by atoms with Crippen LogP contribution in [-0.4, -0.2) is 48.8 Å². The number of hydrogen-bond donors (Lipinski definition) is 2. The topological polar surface area (TPSA) is 105 Å². The summed E-state index contributed by atoms with van der Waals surface area (Å²) in [7, 11) is -1.46. The number of nitrogens with one attached hydrogen (secondary N) is 1. The van der Waals surface area contributed by atoms with Crippen molar-refractivity contribution in [3.05, 3.63) is 22.8 Å². The van der Waals surface area contributed by atoms with Crippen molar-refractivity contribution in [3.8, 4) is 0 Å². The highest BCUT2D eigenvalue weighted by Gasteiger charge is 2.33. The normalized spacial score (nSPS) is 20.6. The minimum atomic E-state index is -3.04. The molecule has 0 saturated carbocycles. The van der Waals surface area contributed by atoms with Crippen molar-refractivity contribution in [2.75, 3.05) is 24.0 Å². The fourth-order valence-corrected chi connectivity index (χ4v) is 4.11. The molecular formula is C11H15ClN4O3S. The Morgan fingerprint density at radius 2 is 2.30 bits per heavy atom. The molecule has 3 N–H and O–H groups in total. The van der Waals surface area contributed by atoms with Gasteiger partial charge < -0.3 is 10.3 Å². The summed E-state index contributed by atoms with van der Waals surface area (Å²) in [5.41, 5.74) is 2.60. The number of anilines is 1. The van der Waals surface area contributed by atoms with Gasteiger partial charge in [0.15, 0.2) is 15.7 Å². The van der Waals surface area contributed by atoms with Crippen LogP contribution in [0.5, 0.6) is 0 Å². The predicted molar refractivity (Wildman–Crippen MR) is 76.2 cm³/mol. The van der Waals surface area contributed by atoms with Gasteiger partial charge >= 0.3 is 0 Å². The van der Waals surface area contributed by atoms with Gasteiger partial charge in [0.2, 0.25) is 0 Å². The second-order valence-electron chi connectivity index (χ2n) is 4.67. The second-order valence-corrected chi connectivity index (χ2v) is 7.31. The first-order chi connectivity index (χ1) is 9.34. The molecule has 1 aliphatic rings. The summed E-state index contributed by atoms with van der Waals surface area (Å²) in [6, 6.07) is 1.14. The third-order valence-corrected chi connectivity index (χ3v) is 5.34. The number of hydrazine groups is 1. The van der Waals surface area contributed by atoms with Gasteiger partial charge in [-0.15, -0.1) is 0 Å². The van der Waals surface area contributed by atoms with Crippen LogP contribution in [0.1, 0.15) is 16.8 Å². The zero-order valence-electron chi connectivity index (χ0n) is 10.8. The average molecular weight is 319 g/mol. The lowest BCUT2D eigenvalue weighted by Crippen LogP contribution is -2.37. The molecule has 1 amide bonds. The van der Waals surface area contributed by atoms with Gasteiger partial charge in [-0.3, -0.25) is 4.79 Å². The number of amides is 1. The van der Waals surface area contributed by atoms with Crippen LogP contribution in [0.2, 0.25) is 5.02 Å². The Morgan fingerprint density at radius 1 is 1.60 bits per heavy atom. The van der Waals surface area contributed by atoms with E-state index >= 15 is 0 Å². The van der Waals surface area contributed by atoms with E-state index in [-0.39, 0.29) is 34.3 Å². The molecule has 1 aromatic rings. The highest BCUT2D eigenvalue weighted by atomic mass is 35.5. The molecule has 1 aliphatic heterocycles. The number of carbonyl (C=O) groups excluding carboxylic acids is 1. The van der Waals surface area contributed by atoms with E-state index in [4.69, 9.17) is 17.4 Å². The summed E-state index contributed by atoms with van der Waals surface area (Å²) in [5.74, 6) is 5.28. The standard InChI is InChI=1S/C11H15ClN4O3S/c1-16(8-2-3-20(18,19)6-8)11(17)7-4-9(12)10(15-13)14-5-7/h4-5,8H,2-3,6,13H2,1H3,(H,14,15). The first-order valence-corrected chi connectivity index (χ1v) is 8.14. The number of aromatic nitrogens is 1. The Labute approximate surface area is 122 Å². The molecule has 1 atom stereocenters. The van der Waals surface area contributed by atoms with Crippen LogP contribution in [0.15, 0.2) is 12.3 Å². The fraction of sp³-hybridized carbons (Fsp3) is 0.455. The summed E-state index contributed by atoms with van der Waals surface area (Å²) in [5, 5.41) is 0.228. The van der Waals surface area contributed by atoms with Gasteiger partial charge in [-0.05, 0) is 12.5 Å². The molecule has 110 valence electrons. The van der Waals surface area contributed by atoms with Crippen LogP contribution in [0.3, 0.4) is 0 Å². The monoisotopic (exact) mass is 318 g/mol. The van der Waals surface area contributed by atoms with E-state index in [2.05, 4.69) is 10.4 Å². The molecular weight excluding hydrogens is 304 g/mol. The molecule has 1 saturated heterocycles. The predicted octanol–water partition coefficient (Wildman–Crippen LogP) is 0.280. The number of nitrogens with two attached hydrogens (primary N) is 1. The van der Waals surface area contributed by atoms with Gasteiger partial charge in [0, 0.05) is 19.3 Å². The molecule has 0 bridgehead atoms. The Kier molecular flexibility index (Phi) is 4.17. The van der Waals surface area contributed by atoms with Gasteiger partial charge in [-0.1, -0.05) is 11.6 Å². The number of hydrogen-bond acceptors (Lipinski definition) is 6. The third-order valence-electron chi connectivity index (χ3n) is 3.30. The molecule has 2 rings (SSSR count). The van der Waals surface area contributed by atoms with Gasteiger partial charge in [-0.2, -0.15) is 0 Å². The average Bonchev–Trinajstić information content (AvgIpc) is 2.77. The molecule has 1 fully saturated rings. The minimum Gasteiger partial charge on any atom is -0.338 e. The number of pyridine rings is 1. The molecule has 1 unspecified atom stereocenters. The zero-order valence-corrected chi connectivity index (χ0v) is 12.4. The van der Waals surface area contributed by atoms with Gasteiger partial charge in [0.25, 0.3) is 5.91 Å². The summed E-state index contributed by atoms with van der Waals surface area (Å²) in [6.45, 7) is 0. The number of halogens is 1. The molecule has 20 heavy (non-hydrogen) atoms. The molecule has 9 heteroatoms. The summed E-state index contributed by atoms with van der Waals surface area (Å²) in [6.07, 6.45) is 1.80. The van der Waals surface area contributed by atoms with Gasteiger partial charge in [0.1, 0.15) is 0 Å². The number of carbonyl (C=O) groups is 1. The van der Waals surface area contributed by atoms with Crippen molar-refractivity contribution in [1.29, 1.82) is 0 Å². The fourth-order valence-electron chi connectivity index (χ4n) is 2.11. The van der Waals surface area contributed by atoms with Crippen molar-refractivity contribution in [2.45, 2.75) is 12.5 Å². The van der Waals surface area contributed by atoms with Crippen LogP contribution < -0.4 is 11.3 Å². The molecule has 0 aromatic carbocycles. The second kappa shape index (κ2) is 5.55. The molecule has 2 heterocycles. The Morgan fingerprint density at radius 3 is 2.80 bits per heavy atom. The molecule has 0 radical (unpaired) electrons. The molecule has 0 spiro atoms. The van der Waals surface area contributed by atoms with E-state index in [1.54, 1.807) is 7.05 Å². The van der Waals surface area contributed by atoms with Crippen molar-refractivity contribution in [3.63, 3.8) is 0 Å². The number of rotatable bonds is 3. The highest BCUT2D eigenvalue weighted by Crippen LogP contribution is 2.22. The largest absolute Gasteiger partial charge is 0.338 e. The van der Waals surface area contributed by atoms with Crippen molar-refractivity contribution < 1.29 is 13.2 Å². The van der Waals surface area contributed by atoms with Crippen LogP contribution in [-0.2, 0) is 9.84 Å². The van der Waals surface area contributed by atoms with Gasteiger partial charge in [0.05, 0.1) is 22.1 Å². The van der Waals surface area contributed by atoms with E-state index in [9.17, 15) is 13.2 Å². The number of sulfone groups is 1. The summed E-state index contributed by atoms with van der Waals surface area (Å²) in [4.78, 5) is 17.6. The maximum absolute atomic E-state index is 12.3. The SMILES string of the molecule is CN(C(=O)c1cnc(NN)c(Cl)c1)C1CCS(=O)(=O)C1.